The number of benzene rings is 1. The number of hydrogen-bond donors (Lipinski definition) is 0. The maximum atomic E-state index is 11.9. The second kappa shape index (κ2) is 6.11. The smallest absolute Gasteiger partial charge is 0.415 e. The van der Waals surface area contributed by atoms with Crippen LogP contribution >= 0.6 is 0 Å². The highest BCUT2D eigenvalue weighted by Crippen LogP contribution is 2.47. The van der Waals surface area contributed by atoms with E-state index >= 15 is 0 Å². The molecule has 1 aliphatic heterocycles. The number of hydrogen-bond acceptors (Lipinski definition) is 4. The van der Waals surface area contributed by atoms with E-state index in [2.05, 4.69) is 0 Å². The van der Waals surface area contributed by atoms with Gasteiger partial charge < -0.3 is 4.74 Å². The third-order valence-corrected chi connectivity index (χ3v) is 4.05. The number of carbonyl (C=O) groups is 1. The van der Waals surface area contributed by atoms with Gasteiger partial charge >= 0.3 is 11.8 Å². The van der Waals surface area contributed by atoms with E-state index in [4.69, 9.17) is 4.74 Å². The van der Waals surface area contributed by atoms with Gasteiger partial charge in [-0.05, 0) is 25.3 Å². The summed E-state index contributed by atoms with van der Waals surface area (Å²) in [5, 5.41) is 11.4. The first-order valence-corrected chi connectivity index (χ1v) is 7.22. The zero-order chi connectivity index (χ0) is 15.5. The molecule has 6 heteroatoms. The van der Waals surface area contributed by atoms with Crippen molar-refractivity contribution < 1.29 is 14.5 Å². The van der Waals surface area contributed by atoms with Crippen molar-refractivity contribution in [1.29, 1.82) is 0 Å². The lowest BCUT2D eigenvalue weighted by molar-refractivity contribution is -0.550. The van der Waals surface area contributed by atoms with Gasteiger partial charge in [-0.2, -0.15) is 0 Å². The number of ether oxygens (including phenoxy) is 1. The Kier molecular flexibility index (Phi) is 4.45. The molecule has 6 nitrogen and oxygen atoms in total. The molecule has 1 amide bonds. The zero-order valence-electron chi connectivity index (χ0n) is 12.3. The van der Waals surface area contributed by atoms with Crippen LogP contribution in [0.1, 0.15) is 32.3 Å². The fraction of sp³-hybridized carbons (Fsp3) is 0.533. The van der Waals surface area contributed by atoms with Gasteiger partial charge in [-0.1, -0.05) is 37.3 Å². The molecule has 0 saturated carbocycles. The van der Waals surface area contributed by atoms with Gasteiger partial charge in [0.15, 0.2) is 0 Å². The van der Waals surface area contributed by atoms with Gasteiger partial charge in [0.2, 0.25) is 0 Å². The van der Waals surface area contributed by atoms with Crippen molar-refractivity contribution >= 4 is 6.09 Å². The molecule has 1 heterocycles. The molecule has 114 valence electrons. The van der Waals surface area contributed by atoms with E-state index in [9.17, 15) is 14.9 Å². The van der Waals surface area contributed by atoms with Crippen LogP contribution in [0.2, 0.25) is 0 Å². The number of nitrogens with zero attached hydrogens (tertiary/aromatic N) is 2. The van der Waals surface area contributed by atoms with Crippen molar-refractivity contribution in [3.63, 3.8) is 0 Å². The largest absolute Gasteiger partial charge is 0.450 e. The van der Waals surface area contributed by atoms with Gasteiger partial charge in [-0.25, -0.2) is 9.69 Å². The van der Waals surface area contributed by atoms with E-state index in [0.29, 0.717) is 12.8 Å². The van der Waals surface area contributed by atoms with Gasteiger partial charge in [-0.3, -0.25) is 10.1 Å². The van der Waals surface area contributed by atoms with Crippen LogP contribution < -0.4 is 0 Å². The quantitative estimate of drug-likeness (QED) is 0.459. The molecule has 1 saturated heterocycles. The van der Waals surface area contributed by atoms with E-state index in [-0.39, 0.29) is 18.0 Å². The maximum Gasteiger partial charge on any atom is 0.415 e. The molecule has 0 aliphatic carbocycles. The SMILES string of the molecule is CCOC(=O)N1[C@@H](CCc2ccccc2)[C@]1(CC)[N+](=O)[O-]. The van der Waals surface area contributed by atoms with Crippen molar-refractivity contribution in [2.75, 3.05) is 6.61 Å². The second-order valence-electron chi connectivity index (χ2n) is 5.10. The van der Waals surface area contributed by atoms with Crippen molar-refractivity contribution in [1.82, 2.24) is 4.90 Å². The molecule has 0 radical (unpaired) electrons. The molecule has 2 rings (SSSR count). The molecule has 0 N–H and O–H groups in total. The van der Waals surface area contributed by atoms with Gasteiger partial charge in [0, 0.05) is 6.42 Å². The standard InChI is InChI=1S/C15H20N2O4/c1-3-15(17(19)20)13(16(15)14(18)21-4-2)11-10-12-8-6-5-7-9-12/h5-9,13H,3-4,10-11H2,1-2H3/t13-,15-,16?/m0/s1. The number of carbonyl (C=O) groups excluding carboxylic acids is 1. The van der Waals surface area contributed by atoms with E-state index in [0.717, 1.165) is 5.56 Å². The predicted molar refractivity (Wildman–Crippen MR) is 77.4 cm³/mol. The topological polar surface area (TPSA) is 72.5 Å². The van der Waals surface area contributed by atoms with Gasteiger partial charge in [0.05, 0.1) is 11.5 Å². The summed E-state index contributed by atoms with van der Waals surface area (Å²) in [6.45, 7) is 3.65. The minimum atomic E-state index is -1.29. The Balaban J connectivity index is 2.09. The summed E-state index contributed by atoms with van der Waals surface area (Å²) < 4.78 is 4.94. The van der Waals surface area contributed by atoms with Crippen molar-refractivity contribution in [2.24, 2.45) is 0 Å². The van der Waals surface area contributed by atoms with Crippen molar-refractivity contribution in [3.8, 4) is 0 Å². The summed E-state index contributed by atoms with van der Waals surface area (Å²) >= 11 is 0. The Morgan fingerprint density at radius 1 is 1.38 bits per heavy atom. The Labute approximate surface area is 123 Å². The summed E-state index contributed by atoms with van der Waals surface area (Å²) in [6.07, 6.45) is 0.974. The van der Waals surface area contributed by atoms with Gasteiger partial charge in [-0.15, -0.1) is 0 Å². The molecule has 21 heavy (non-hydrogen) atoms. The molecule has 0 bridgehead atoms. The first-order chi connectivity index (χ1) is 10.1. The molecule has 0 aromatic heterocycles. The van der Waals surface area contributed by atoms with Crippen LogP contribution in [0.15, 0.2) is 30.3 Å². The van der Waals surface area contributed by atoms with Crippen LogP contribution in [0.25, 0.3) is 0 Å². The van der Waals surface area contributed by atoms with Gasteiger partial charge in [0.25, 0.3) is 0 Å². The molecule has 1 aromatic carbocycles. The Morgan fingerprint density at radius 3 is 2.57 bits per heavy atom. The zero-order valence-corrected chi connectivity index (χ0v) is 12.3. The fourth-order valence-corrected chi connectivity index (χ4v) is 2.91. The minimum Gasteiger partial charge on any atom is -0.450 e. The molecule has 0 unspecified atom stereocenters. The Bertz CT molecular complexity index is 520. The molecule has 1 aliphatic rings. The average Bonchev–Trinajstić information content (AvgIpc) is 3.16. The third kappa shape index (κ3) is 2.70. The van der Waals surface area contributed by atoms with E-state index in [1.54, 1.807) is 13.8 Å². The molecule has 1 fully saturated rings. The van der Waals surface area contributed by atoms with Crippen LogP contribution in [-0.4, -0.2) is 34.2 Å². The summed E-state index contributed by atoms with van der Waals surface area (Å²) in [6, 6.07) is 9.38. The van der Waals surface area contributed by atoms with E-state index in [1.165, 1.54) is 4.90 Å². The summed E-state index contributed by atoms with van der Waals surface area (Å²) in [5.41, 5.74) is -0.178. The number of amides is 1. The lowest BCUT2D eigenvalue weighted by Gasteiger charge is -2.06. The van der Waals surface area contributed by atoms with Crippen LogP contribution in [0, 0.1) is 10.1 Å². The van der Waals surface area contributed by atoms with E-state index < -0.39 is 17.8 Å². The minimum absolute atomic E-state index is 0.220. The summed E-state index contributed by atoms with van der Waals surface area (Å²) in [4.78, 5) is 24.2. The van der Waals surface area contributed by atoms with Crippen LogP contribution in [0.3, 0.4) is 0 Å². The molecule has 1 aromatic rings. The lowest BCUT2D eigenvalue weighted by Crippen LogP contribution is -2.31. The first kappa shape index (κ1) is 15.3. The van der Waals surface area contributed by atoms with Crippen molar-refractivity contribution in [2.45, 2.75) is 44.8 Å². The third-order valence-electron chi connectivity index (χ3n) is 4.05. The second-order valence-corrected chi connectivity index (χ2v) is 5.10. The van der Waals surface area contributed by atoms with E-state index in [1.807, 2.05) is 30.3 Å². The van der Waals surface area contributed by atoms with Crippen LogP contribution in [-0.2, 0) is 11.2 Å². The normalized spacial score (nSPS) is 23.7. The first-order valence-electron chi connectivity index (χ1n) is 7.22. The fourth-order valence-electron chi connectivity index (χ4n) is 2.91. The summed E-state index contributed by atoms with van der Waals surface area (Å²) in [5.74, 6) is 0. The number of nitro groups is 1. The number of aryl methyl sites for hydroxylation is 1. The monoisotopic (exact) mass is 292 g/mol. The molecule has 2 atom stereocenters. The Morgan fingerprint density at radius 2 is 2.05 bits per heavy atom. The average molecular weight is 292 g/mol. The maximum absolute atomic E-state index is 11.9. The van der Waals surface area contributed by atoms with Crippen molar-refractivity contribution in [3.05, 3.63) is 46.0 Å². The molecular formula is C15H20N2O4. The summed E-state index contributed by atoms with van der Waals surface area (Å²) in [7, 11) is 0. The van der Waals surface area contributed by atoms with Gasteiger partial charge in [0.1, 0.15) is 6.04 Å². The number of rotatable bonds is 6. The molecule has 0 spiro atoms. The highest BCUT2D eigenvalue weighted by molar-refractivity contribution is 5.73. The highest BCUT2D eigenvalue weighted by atomic mass is 16.6. The van der Waals surface area contributed by atoms with Crippen LogP contribution in [0.4, 0.5) is 4.79 Å². The predicted octanol–water partition coefficient (Wildman–Crippen LogP) is 2.84. The highest BCUT2D eigenvalue weighted by Gasteiger charge is 2.75. The van der Waals surface area contributed by atoms with Crippen LogP contribution in [0.5, 0.6) is 0 Å². The Hall–Kier alpha value is -2.11. The molecular weight excluding hydrogens is 272 g/mol. The lowest BCUT2D eigenvalue weighted by atomic mass is 10.0.